The van der Waals surface area contributed by atoms with Crippen LogP contribution < -0.4 is 4.74 Å². The molecule has 0 aliphatic carbocycles. The first-order chi connectivity index (χ1) is 10.7. The summed E-state index contributed by atoms with van der Waals surface area (Å²) < 4.78 is 10.7. The van der Waals surface area contributed by atoms with Crippen molar-refractivity contribution in [1.82, 2.24) is 9.80 Å². The molecule has 4 nitrogen and oxygen atoms in total. The van der Waals surface area contributed by atoms with E-state index in [2.05, 4.69) is 35.0 Å². The quantitative estimate of drug-likeness (QED) is 0.834. The van der Waals surface area contributed by atoms with E-state index in [9.17, 15) is 0 Å². The fourth-order valence-electron chi connectivity index (χ4n) is 4.04. The average molecular weight is 304 g/mol. The zero-order chi connectivity index (χ0) is 15.5. The predicted molar refractivity (Wildman–Crippen MR) is 88.1 cm³/mol. The highest BCUT2D eigenvalue weighted by Crippen LogP contribution is 2.29. The van der Waals surface area contributed by atoms with Crippen LogP contribution in [-0.4, -0.2) is 56.7 Å². The van der Waals surface area contributed by atoms with E-state index in [-0.39, 0.29) is 0 Å². The molecule has 4 rings (SSSR count). The van der Waals surface area contributed by atoms with Crippen molar-refractivity contribution < 1.29 is 9.47 Å². The monoisotopic (exact) mass is 304 g/mol. The summed E-state index contributed by atoms with van der Waals surface area (Å²) in [6.07, 6.45) is 2.74. The molecule has 1 aromatic carbocycles. The number of piperidine rings is 1. The summed E-state index contributed by atoms with van der Waals surface area (Å²) in [6.45, 7) is 5.34. The minimum atomic E-state index is 0.603. The molecular weight excluding hydrogens is 276 g/mol. The molecule has 0 amide bonds. The van der Waals surface area contributed by atoms with Gasteiger partial charge in [-0.25, -0.2) is 0 Å². The Bertz CT molecular complexity index is 506. The Kier molecular flexibility index (Phi) is 5.01. The summed E-state index contributed by atoms with van der Waals surface area (Å²) >= 11 is 0. The molecule has 0 aromatic heterocycles. The molecule has 2 bridgehead atoms. The van der Waals surface area contributed by atoms with Gasteiger partial charge in [-0.3, -0.25) is 4.90 Å². The first-order valence-electron chi connectivity index (χ1n) is 8.27. The Hall–Kier alpha value is -1.10. The van der Waals surface area contributed by atoms with Gasteiger partial charge < -0.3 is 14.4 Å². The summed E-state index contributed by atoms with van der Waals surface area (Å²) in [5.74, 6) is 1.75. The Morgan fingerprint density at radius 3 is 2.77 bits per heavy atom. The number of nitrogens with zero attached hydrogens (tertiary/aromatic N) is 2. The Morgan fingerprint density at radius 1 is 1.14 bits per heavy atom. The van der Waals surface area contributed by atoms with Crippen molar-refractivity contribution >= 4 is 0 Å². The van der Waals surface area contributed by atoms with E-state index in [1.165, 1.54) is 38.0 Å². The molecular formula is C18H28N2O2. The molecule has 0 saturated carbocycles. The highest BCUT2D eigenvalue weighted by molar-refractivity contribution is 5.37. The zero-order valence-corrected chi connectivity index (χ0v) is 14.0. The number of hydrogen-bond donors (Lipinski definition) is 0. The number of fused-ring (bicyclic) bond motifs is 4. The van der Waals surface area contributed by atoms with Gasteiger partial charge in [-0.1, -0.05) is 6.07 Å². The number of benzene rings is 1. The lowest BCUT2D eigenvalue weighted by atomic mass is 9.94. The molecule has 4 heteroatoms. The maximum absolute atomic E-state index is 5.43. The van der Waals surface area contributed by atoms with Gasteiger partial charge in [0.1, 0.15) is 5.75 Å². The van der Waals surface area contributed by atoms with Crippen molar-refractivity contribution in [3.05, 3.63) is 29.3 Å². The molecule has 22 heavy (non-hydrogen) atoms. The van der Waals surface area contributed by atoms with Crippen LogP contribution in [0.2, 0.25) is 0 Å². The van der Waals surface area contributed by atoms with Gasteiger partial charge in [0.15, 0.2) is 0 Å². The lowest BCUT2D eigenvalue weighted by molar-refractivity contribution is 0.124. The van der Waals surface area contributed by atoms with Crippen molar-refractivity contribution in [2.45, 2.75) is 32.0 Å². The number of methoxy groups -OCH3 is 2. The topological polar surface area (TPSA) is 24.9 Å². The first kappa shape index (κ1) is 15.8. The summed E-state index contributed by atoms with van der Waals surface area (Å²) in [5.41, 5.74) is 2.50. The van der Waals surface area contributed by atoms with E-state index < -0.39 is 0 Å². The first-order valence-corrected chi connectivity index (χ1v) is 8.27. The van der Waals surface area contributed by atoms with Crippen LogP contribution in [0, 0.1) is 5.92 Å². The second-order valence-electron chi connectivity index (χ2n) is 6.83. The largest absolute Gasteiger partial charge is 0.496 e. The van der Waals surface area contributed by atoms with Crippen LogP contribution in [0.25, 0.3) is 0 Å². The van der Waals surface area contributed by atoms with Gasteiger partial charge in [0.25, 0.3) is 0 Å². The molecule has 3 fully saturated rings. The van der Waals surface area contributed by atoms with E-state index in [0.717, 1.165) is 23.8 Å². The molecule has 0 radical (unpaired) electrons. The fraction of sp³-hybridized carbons (Fsp3) is 0.667. The minimum absolute atomic E-state index is 0.603. The van der Waals surface area contributed by atoms with Gasteiger partial charge in [0, 0.05) is 44.9 Å². The lowest BCUT2D eigenvalue weighted by Gasteiger charge is -2.36. The van der Waals surface area contributed by atoms with Gasteiger partial charge in [0.05, 0.1) is 13.7 Å². The molecule has 0 unspecified atom stereocenters. The summed E-state index contributed by atoms with van der Waals surface area (Å²) in [6, 6.07) is 7.22. The molecule has 2 atom stereocenters. The SMILES string of the molecule is COCc1cc(CN2C[C@@H]3CC[C@H]2CN(C)C3)ccc1OC. The highest BCUT2D eigenvalue weighted by Gasteiger charge is 2.33. The molecule has 3 saturated heterocycles. The van der Waals surface area contributed by atoms with Crippen LogP contribution in [0.3, 0.4) is 0 Å². The standard InChI is InChI=1S/C18H28N2O2/c1-19-9-15-4-6-17(12-19)20(11-15)10-14-5-7-18(22-3)16(8-14)13-21-2/h5,7-8,15,17H,4,6,9-13H2,1-3H3/t15-,17+/m1/s1. The second-order valence-corrected chi connectivity index (χ2v) is 6.83. The van der Waals surface area contributed by atoms with Crippen molar-refractivity contribution in [3.8, 4) is 5.75 Å². The van der Waals surface area contributed by atoms with Crippen LogP contribution >= 0.6 is 0 Å². The minimum Gasteiger partial charge on any atom is -0.496 e. The van der Waals surface area contributed by atoms with Crippen molar-refractivity contribution in [2.75, 3.05) is 40.9 Å². The smallest absolute Gasteiger partial charge is 0.124 e. The van der Waals surface area contributed by atoms with E-state index in [1.807, 2.05) is 0 Å². The van der Waals surface area contributed by atoms with Crippen LogP contribution in [-0.2, 0) is 17.9 Å². The van der Waals surface area contributed by atoms with Gasteiger partial charge in [-0.2, -0.15) is 0 Å². The number of ether oxygens (including phenoxy) is 2. The fourth-order valence-corrected chi connectivity index (χ4v) is 4.04. The maximum atomic E-state index is 5.43. The number of hydrogen-bond acceptors (Lipinski definition) is 4. The van der Waals surface area contributed by atoms with E-state index in [1.54, 1.807) is 14.2 Å². The molecule has 0 spiro atoms. The normalized spacial score (nSPS) is 26.1. The molecule has 122 valence electrons. The van der Waals surface area contributed by atoms with Gasteiger partial charge >= 0.3 is 0 Å². The Labute approximate surface area is 134 Å². The molecule has 1 aromatic rings. The molecule has 0 N–H and O–H groups in total. The second kappa shape index (κ2) is 6.99. The van der Waals surface area contributed by atoms with Crippen LogP contribution in [0.15, 0.2) is 18.2 Å². The lowest BCUT2D eigenvalue weighted by Crippen LogP contribution is -2.43. The van der Waals surface area contributed by atoms with Crippen molar-refractivity contribution in [1.29, 1.82) is 0 Å². The maximum Gasteiger partial charge on any atom is 0.124 e. The molecule has 3 heterocycles. The third-order valence-electron chi connectivity index (χ3n) is 5.04. The van der Waals surface area contributed by atoms with Gasteiger partial charge in [-0.05, 0) is 43.5 Å². The number of likely N-dealkylation sites (N-methyl/N-ethyl adjacent to an activating group) is 1. The van der Waals surface area contributed by atoms with E-state index >= 15 is 0 Å². The average Bonchev–Trinajstić information content (AvgIpc) is 2.77. The van der Waals surface area contributed by atoms with Crippen LogP contribution in [0.5, 0.6) is 5.75 Å². The van der Waals surface area contributed by atoms with Crippen molar-refractivity contribution in [2.24, 2.45) is 5.92 Å². The Morgan fingerprint density at radius 2 is 2.00 bits per heavy atom. The van der Waals surface area contributed by atoms with Gasteiger partial charge in [0.2, 0.25) is 0 Å². The third-order valence-corrected chi connectivity index (χ3v) is 5.04. The van der Waals surface area contributed by atoms with Crippen molar-refractivity contribution in [3.63, 3.8) is 0 Å². The van der Waals surface area contributed by atoms with E-state index in [4.69, 9.17) is 9.47 Å². The molecule has 3 aliphatic heterocycles. The zero-order valence-electron chi connectivity index (χ0n) is 14.0. The summed E-state index contributed by atoms with van der Waals surface area (Å²) in [7, 11) is 5.71. The highest BCUT2D eigenvalue weighted by atomic mass is 16.5. The van der Waals surface area contributed by atoms with Gasteiger partial charge in [-0.15, -0.1) is 0 Å². The van der Waals surface area contributed by atoms with E-state index in [0.29, 0.717) is 12.6 Å². The van der Waals surface area contributed by atoms with Crippen LogP contribution in [0.1, 0.15) is 24.0 Å². The summed E-state index contributed by atoms with van der Waals surface area (Å²) in [5, 5.41) is 0. The van der Waals surface area contributed by atoms with Crippen LogP contribution in [0.4, 0.5) is 0 Å². The predicted octanol–water partition coefficient (Wildman–Crippen LogP) is 2.37. The molecule has 3 aliphatic rings. The Balaban J connectivity index is 1.74. The number of rotatable bonds is 5. The summed E-state index contributed by atoms with van der Waals surface area (Å²) in [4.78, 5) is 5.18. The third kappa shape index (κ3) is 3.45.